The van der Waals surface area contributed by atoms with Gasteiger partial charge in [-0.2, -0.15) is 0 Å². The predicted octanol–water partition coefficient (Wildman–Crippen LogP) is 2.85. The summed E-state index contributed by atoms with van der Waals surface area (Å²) < 4.78 is 23.3. The molecule has 0 atom stereocenters. The minimum absolute atomic E-state index is 0.208. The van der Waals surface area contributed by atoms with Gasteiger partial charge in [-0.15, -0.1) is 0 Å². The maximum absolute atomic E-state index is 11.6. The number of benzene rings is 2. The van der Waals surface area contributed by atoms with E-state index in [2.05, 4.69) is 32.9 Å². The van der Waals surface area contributed by atoms with E-state index < -0.39 is 10.0 Å². The van der Waals surface area contributed by atoms with Gasteiger partial charge in [0.2, 0.25) is 10.0 Å². The van der Waals surface area contributed by atoms with E-state index in [1.54, 1.807) is 12.1 Å². The fourth-order valence-electron chi connectivity index (χ4n) is 2.61. The topological polar surface area (TPSA) is 60.2 Å². The van der Waals surface area contributed by atoms with Crippen molar-refractivity contribution in [2.45, 2.75) is 32.1 Å². The molecule has 0 amide bonds. The molecule has 0 aliphatic rings. The number of sulfonamides is 1. The van der Waals surface area contributed by atoms with Gasteiger partial charge in [-0.3, -0.25) is 0 Å². The van der Waals surface area contributed by atoms with Crippen LogP contribution in [0.5, 0.6) is 0 Å². The Balaban J connectivity index is 2.52. The highest BCUT2D eigenvalue weighted by molar-refractivity contribution is 7.89. The molecule has 4 heteroatoms. The number of hydrogen-bond donors (Lipinski definition) is 1. The average molecular weight is 289 g/mol. The van der Waals surface area contributed by atoms with Gasteiger partial charge in [0.15, 0.2) is 0 Å². The monoisotopic (exact) mass is 289 g/mol. The van der Waals surface area contributed by atoms with Crippen LogP contribution in [0.25, 0.3) is 0 Å². The SMILES string of the molecule is Cc1cc(C)c(Cc2ccccc2S(N)(=O)=O)c(C)c1. The molecule has 0 aromatic heterocycles. The third-order valence-electron chi connectivity index (χ3n) is 3.49. The van der Waals surface area contributed by atoms with Crippen molar-refractivity contribution in [3.63, 3.8) is 0 Å². The van der Waals surface area contributed by atoms with Gasteiger partial charge in [0.25, 0.3) is 0 Å². The normalized spacial score (nSPS) is 11.6. The summed E-state index contributed by atoms with van der Waals surface area (Å²) in [5.74, 6) is 0. The lowest BCUT2D eigenvalue weighted by Crippen LogP contribution is -2.15. The van der Waals surface area contributed by atoms with E-state index in [0.717, 1.165) is 11.1 Å². The van der Waals surface area contributed by atoms with Gasteiger partial charge in [-0.25, -0.2) is 13.6 Å². The Kier molecular flexibility index (Phi) is 3.97. The van der Waals surface area contributed by atoms with Gasteiger partial charge in [-0.1, -0.05) is 35.9 Å². The van der Waals surface area contributed by atoms with Crippen molar-refractivity contribution in [1.29, 1.82) is 0 Å². The summed E-state index contributed by atoms with van der Waals surface area (Å²) in [5, 5.41) is 5.28. The quantitative estimate of drug-likeness (QED) is 0.944. The minimum atomic E-state index is -3.69. The van der Waals surface area contributed by atoms with E-state index in [1.165, 1.54) is 16.7 Å². The summed E-state index contributed by atoms with van der Waals surface area (Å²) in [6.07, 6.45) is 0.574. The first-order chi connectivity index (χ1) is 9.29. The van der Waals surface area contributed by atoms with Crippen LogP contribution in [0.1, 0.15) is 27.8 Å². The molecule has 2 aromatic carbocycles. The summed E-state index contributed by atoms with van der Waals surface area (Å²) in [6, 6.07) is 11.1. The van der Waals surface area contributed by atoms with Crippen LogP contribution in [0, 0.1) is 20.8 Å². The number of rotatable bonds is 3. The Hall–Kier alpha value is -1.65. The fourth-order valence-corrected chi connectivity index (χ4v) is 3.38. The van der Waals surface area contributed by atoms with Crippen molar-refractivity contribution in [2.75, 3.05) is 0 Å². The van der Waals surface area contributed by atoms with Gasteiger partial charge >= 0.3 is 0 Å². The second kappa shape index (κ2) is 5.38. The van der Waals surface area contributed by atoms with Crippen molar-refractivity contribution in [3.8, 4) is 0 Å². The molecule has 0 unspecified atom stereocenters. The third-order valence-corrected chi connectivity index (χ3v) is 4.50. The molecular formula is C16H19NO2S. The molecule has 0 saturated heterocycles. The van der Waals surface area contributed by atoms with Crippen LogP contribution in [-0.2, 0) is 16.4 Å². The number of hydrogen-bond acceptors (Lipinski definition) is 2. The van der Waals surface area contributed by atoms with Gasteiger partial charge in [0.05, 0.1) is 4.90 Å². The largest absolute Gasteiger partial charge is 0.238 e. The van der Waals surface area contributed by atoms with Crippen LogP contribution in [0.15, 0.2) is 41.3 Å². The summed E-state index contributed by atoms with van der Waals surface area (Å²) >= 11 is 0. The Morgan fingerprint density at radius 1 is 1.00 bits per heavy atom. The number of nitrogens with two attached hydrogens (primary N) is 1. The van der Waals surface area contributed by atoms with Crippen LogP contribution in [0.3, 0.4) is 0 Å². The second-order valence-corrected chi connectivity index (χ2v) is 6.74. The highest BCUT2D eigenvalue weighted by atomic mass is 32.2. The minimum Gasteiger partial charge on any atom is -0.225 e. The highest BCUT2D eigenvalue weighted by Crippen LogP contribution is 2.23. The number of aryl methyl sites for hydroxylation is 3. The molecule has 3 nitrogen and oxygen atoms in total. The lowest BCUT2D eigenvalue weighted by atomic mass is 9.94. The zero-order valence-corrected chi connectivity index (χ0v) is 12.8. The zero-order chi connectivity index (χ0) is 14.9. The van der Waals surface area contributed by atoms with Crippen LogP contribution in [-0.4, -0.2) is 8.42 Å². The molecule has 20 heavy (non-hydrogen) atoms. The molecule has 0 bridgehead atoms. The first-order valence-corrected chi connectivity index (χ1v) is 8.01. The predicted molar refractivity (Wildman–Crippen MR) is 81.3 cm³/mol. The Labute approximate surface area is 120 Å². The van der Waals surface area contributed by atoms with Gasteiger partial charge in [-0.05, 0) is 55.5 Å². The van der Waals surface area contributed by atoms with Crippen molar-refractivity contribution >= 4 is 10.0 Å². The Morgan fingerprint density at radius 3 is 2.10 bits per heavy atom. The molecular weight excluding hydrogens is 270 g/mol. The molecule has 2 N–H and O–H groups in total. The van der Waals surface area contributed by atoms with Crippen LogP contribution >= 0.6 is 0 Å². The molecule has 0 fully saturated rings. The van der Waals surface area contributed by atoms with Crippen LogP contribution < -0.4 is 5.14 Å². The fraction of sp³-hybridized carbons (Fsp3) is 0.250. The van der Waals surface area contributed by atoms with E-state index in [1.807, 2.05) is 12.1 Å². The molecule has 106 valence electrons. The van der Waals surface area contributed by atoms with E-state index in [4.69, 9.17) is 5.14 Å². The Bertz CT molecular complexity index is 726. The van der Waals surface area contributed by atoms with Crippen LogP contribution in [0.4, 0.5) is 0 Å². The van der Waals surface area contributed by atoms with Crippen molar-refractivity contribution in [2.24, 2.45) is 5.14 Å². The zero-order valence-electron chi connectivity index (χ0n) is 12.0. The van der Waals surface area contributed by atoms with Gasteiger partial charge in [0.1, 0.15) is 0 Å². The molecule has 0 aliphatic carbocycles. The highest BCUT2D eigenvalue weighted by Gasteiger charge is 2.15. The smallest absolute Gasteiger partial charge is 0.225 e. The molecule has 2 aromatic rings. The molecule has 0 radical (unpaired) electrons. The van der Waals surface area contributed by atoms with Gasteiger partial charge < -0.3 is 0 Å². The molecule has 0 spiro atoms. The van der Waals surface area contributed by atoms with Crippen LogP contribution in [0.2, 0.25) is 0 Å². The van der Waals surface area contributed by atoms with Crippen molar-refractivity contribution in [1.82, 2.24) is 0 Å². The van der Waals surface area contributed by atoms with E-state index in [9.17, 15) is 8.42 Å². The maximum Gasteiger partial charge on any atom is 0.238 e. The summed E-state index contributed by atoms with van der Waals surface area (Å²) in [7, 11) is -3.69. The molecule has 0 saturated carbocycles. The first kappa shape index (κ1) is 14.8. The summed E-state index contributed by atoms with van der Waals surface area (Å²) in [4.78, 5) is 0.208. The molecule has 0 aliphatic heterocycles. The lowest BCUT2D eigenvalue weighted by molar-refractivity contribution is 0.597. The van der Waals surface area contributed by atoms with E-state index in [-0.39, 0.29) is 4.90 Å². The average Bonchev–Trinajstić information content (AvgIpc) is 2.33. The number of primary sulfonamides is 1. The summed E-state index contributed by atoms with van der Waals surface area (Å²) in [6.45, 7) is 6.16. The Morgan fingerprint density at radius 2 is 1.55 bits per heavy atom. The van der Waals surface area contributed by atoms with E-state index >= 15 is 0 Å². The summed E-state index contributed by atoms with van der Waals surface area (Å²) in [5.41, 5.74) is 5.46. The molecule has 0 heterocycles. The standard InChI is InChI=1S/C16H19NO2S/c1-11-8-12(2)15(13(3)9-11)10-14-6-4-5-7-16(14)20(17,18)19/h4-9H,10H2,1-3H3,(H2,17,18,19). The van der Waals surface area contributed by atoms with E-state index in [0.29, 0.717) is 6.42 Å². The molecule has 2 rings (SSSR count). The first-order valence-electron chi connectivity index (χ1n) is 6.46. The van der Waals surface area contributed by atoms with Crippen molar-refractivity contribution in [3.05, 3.63) is 64.2 Å². The maximum atomic E-state index is 11.6. The third kappa shape index (κ3) is 3.08. The lowest BCUT2D eigenvalue weighted by Gasteiger charge is -2.13. The van der Waals surface area contributed by atoms with Crippen molar-refractivity contribution < 1.29 is 8.42 Å². The van der Waals surface area contributed by atoms with Gasteiger partial charge in [0, 0.05) is 0 Å². The second-order valence-electron chi connectivity index (χ2n) is 5.21.